The van der Waals surface area contributed by atoms with Crippen molar-refractivity contribution < 1.29 is 0 Å². The Hall–Kier alpha value is -1.33. The van der Waals surface area contributed by atoms with E-state index in [0.717, 1.165) is 19.0 Å². The number of likely N-dealkylation sites (tertiary alicyclic amines) is 1. The fourth-order valence-corrected chi connectivity index (χ4v) is 3.23. The van der Waals surface area contributed by atoms with E-state index < -0.39 is 0 Å². The second-order valence-electron chi connectivity index (χ2n) is 5.89. The second kappa shape index (κ2) is 5.75. The highest BCUT2D eigenvalue weighted by Crippen LogP contribution is 2.43. The van der Waals surface area contributed by atoms with Gasteiger partial charge in [-0.2, -0.15) is 5.26 Å². The van der Waals surface area contributed by atoms with Crippen molar-refractivity contribution in [3.05, 3.63) is 35.4 Å². The van der Waals surface area contributed by atoms with Gasteiger partial charge in [0.1, 0.15) is 6.04 Å². The first-order valence-electron chi connectivity index (χ1n) is 7.62. The second-order valence-corrected chi connectivity index (χ2v) is 5.89. The summed E-state index contributed by atoms with van der Waals surface area (Å²) in [7, 11) is 0. The van der Waals surface area contributed by atoms with E-state index in [1.165, 1.54) is 49.7 Å². The Morgan fingerprint density at radius 2 is 1.74 bits per heavy atom. The Morgan fingerprint density at radius 3 is 2.37 bits per heavy atom. The average Bonchev–Trinajstić information content (AvgIpc) is 3.28. The van der Waals surface area contributed by atoms with Crippen LogP contribution in [0.2, 0.25) is 0 Å². The third-order valence-corrected chi connectivity index (χ3v) is 4.44. The monoisotopic (exact) mass is 254 g/mol. The van der Waals surface area contributed by atoms with Crippen molar-refractivity contribution in [3.8, 4) is 6.07 Å². The van der Waals surface area contributed by atoms with Crippen molar-refractivity contribution in [1.29, 1.82) is 5.26 Å². The summed E-state index contributed by atoms with van der Waals surface area (Å²) in [5.74, 6) is 0.721. The van der Waals surface area contributed by atoms with Crippen LogP contribution in [0.5, 0.6) is 0 Å². The maximum absolute atomic E-state index is 9.66. The van der Waals surface area contributed by atoms with Gasteiger partial charge in [-0.3, -0.25) is 4.90 Å². The van der Waals surface area contributed by atoms with Crippen LogP contribution in [0, 0.1) is 11.3 Å². The van der Waals surface area contributed by atoms with Crippen molar-refractivity contribution in [2.45, 2.75) is 50.5 Å². The van der Waals surface area contributed by atoms with Crippen LogP contribution in [-0.2, 0) is 0 Å². The highest BCUT2D eigenvalue weighted by atomic mass is 15.2. The minimum atomic E-state index is -0.0325. The van der Waals surface area contributed by atoms with E-state index in [9.17, 15) is 5.26 Å². The van der Waals surface area contributed by atoms with Crippen LogP contribution in [0.15, 0.2) is 24.3 Å². The van der Waals surface area contributed by atoms with E-state index in [4.69, 9.17) is 0 Å². The molecule has 1 saturated heterocycles. The molecular formula is C17H22N2. The molecule has 1 aromatic rings. The Kier molecular flexibility index (Phi) is 3.84. The molecule has 0 aromatic heterocycles. The number of hydrogen-bond donors (Lipinski definition) is 0. The van der Waals surface area contributed by atoms with Crippen LogP contribution >= 0.6 is 0 Å². The van der Waals surface area contributed by atoms with E-state index in [1.54, 1.807) is 0 Å². The fraction of sp³-hybridized carbons (Fsp3) is 0.588. The van der Waals surface area contributed by atoms with Crippen LogP contribution in [0.25, 0.3) is 0 Å². The van der Waals surface area contributed by atoms with Gasteiger partial charge in [0, 0.05) is 0 Å². The summed E-state index contributed by atoms with van der Waals surface area (Å²) in [6.07, 6.45) is 7.72. The van der Waals surface area contributed by atoms with Gasteiger partial charge in [0.15, 0.2) is 0 Å². The molecule has 0 bridgehead atoms. The molecule has 1 atom stereocenters. The number of benzene rings is 1. The molecule has 0 N–H and O–H groups in total. The summed E-state index contributed by atoms with van der Waals surface area (Å²) in [6.45, 7) is 2.16. The van der Waals surface area contributed by atoms with Crippen LogP contribution < -0.4 is 0 Å². The minimum absolute atomic E-state index is 0.0325. The smallest absolute Gasteiger partial charge is 0.124 e. The standard InChI is InChI=1S/C17H22N2/c18-13-17(19-11-5-1-2-6-12-19)16-8-4-3-7-15(16)14-9-10-14/h3-4,7-8,14,17H,1-2,5-6,9-12H2. The quantitative estimate of drug-likeness (QED) is 0.815. The topological polar surface area (TPSA) is 27.0 Å². The maximum atomic E-state index is 9.66. The molecule has 1 aliphatic carbocycles. The number of nitriles is 1. The maximum Gasteiger partial charge on any atom is 0.124 e. The molecule has 1 saturated carbocycles. The van der Waals surface area contributed by atoms with E-state index in [-0.39, 0.29) is 6.04 Å². The van der Waals surface area contributed by atoms with Crippen molar-refractivity contribution in [2.75, 3.05) is 13.1 Å². The first-order chi connectivity index (χ1) is 9.40. The van der Waals surface area contributed by atoms with E-state index in [0.29, 0.717) is 0 Å². The normalized spacial score (nSPS) is 22.5. The summed E-state index contributed by atoms with van der Waals surface area (Å²) in [5.41, 5.74) is 2.70. The highest BCUT2D eigenvalue weighted by Gasteiger charge is 2.30. The fourth-order valence-electron chi connectivity index (χ4n) is 3.23. The summed E-state index contributed by atoms with van der Waals surface area (Å²) in [5, 5.41) is 9.66. The van der Waals surface area contributed by atoms with Gasteiger partial charge in [0.05, 0.1) is 6.07 Å². The Balaban J connectivity index is 1.87. The summed E-state index contributed by atoms with van der Waals surface area (Å²) < 4.78 is 0. The SMILES string of the molecule is N#CC(c1ccccc1C1CC1)N1CCCCCC1. The van der Waals surface area contributed by atoms with Gasteiger partial charge in [0.25, 0.3) is 0 Å². The molecule has 0 radical (unpaired) electrons. The molecule has 2 fully saturated rings. The van der Waals surface area contributed by atoms with Crippen molar-refractivity contribution in [1.82, 2.24) is 4.90 Å². The lowest BCUT2D eigenvalue weighted by atomic mass is 9.96. The van der Waals surface area contributed by atoms with Gasteiger partial charge in [-0.15, -0.1) is 0 Å². The lowest BCUT2D eigenvalue weighted by Gasteiger charge is -2.27. The van der Waals surface area contributed by atoms with Gasteiger partial charge in [-0.05, 0) is 55.8 Å². The molecule has 0 spiro atoms. The molecule has 3 rings (SSSR count). The third-order valence-electron chi connectivity index (χ3n) is 4.44. The minimum Gasteiger partial charge on any atom is -0.284 e. The van der Waals surface area contributed by atoms with E-state index in [2.05, 4.69) is 35.2 Å². The molecule has 1 heterocycles. The number of rotatable bonds is 3. The Labute approximate surface area is 116 Å². The predicted molar refractivity (Wildman–Crippen MR) is 76.8 cm³/mol. The number of hydrogen-bond acceptors (Lipinski definition) is 2. The van der Waals surface area contributed by atoms with Crippen molar-refractivity contribution >= 4 is 0 Å². The van der Waals surface area contributed by atoms with Gasteiger partial charge >= 0.3 is 0 Å². The highest BCUT2D eigenvalue weighted by molar-refractivity contribution is 5.38. The molecule has 1 aliphatic heterocycles. The van der Waals surface area contributed by atoms with E-state index in [1.807, 2.05) is 0 Å². The lowest BCUT2D eigenvalue weighted by molar-refractivity contribution is 0.245. The molecule has 1 aromatic carbocycles. The van der Waals surface area contributed by atoms with Crippen LogP contribution in [0.1, 0.15) is 61.6 Å². The van der Waals surface area contributed by atoms with Crippen molar-refractivity contribution in [2.24, 2.45) is 0 Å². The zero-order valence-corrected chi connectivity index (χ0v) is 11.5. The largest absolute Gasteiger partial charge is 0.284 e. The average molecular weight is 254 g/mol. The lowest BCUT2D eigenvalue weighted by Crippen LogP contribution is -2.29. The van der Waals surface area contributed by atoms with Crippen molar-refractivity contribution in [3.63, 3.8) is 0 Å². The van der Waals surface area contributed by atoms with Crippen LogP contribution in [-0.4, -0.2) is 18.0 Å². The van der Waals surface area contributed by atoms with Gasteiger partial charge < -0.3 is 0 Å². The molecule has 2 nitrogen and oxygen atoms in total. The molecule has 1 unspecified atom stereocenters. The molecule has 100 valence electrons. The van der Waals surface area contributed by atoms with Gasteiger partial charge in [-0.1, -0.05) is 37.1 Å². The third kappa shape index (κ3) is 2.82. The van der Waals surface area contributed by atoms with Crippen LogP contribution in [0.3, 0.4) is 0 Å². The van der Waals surface area contributed by atoms with Gasteiger partial charge in [-0.25, -0.2) is 0 Å². The van der Waals surface area contributed by atoms with Crippen LogP contribution in [0.4, 0.5) is 0 Å². The summed E-state index contributed by atoms with van der Waals surface area (Å²) in [6, 6.07) is 11.1. The van der Waals surface area contributed by atoms with Gasteiger partial charge in [0.2, 0.25) is 0 Å². The number of nitrogens with zero attached hydrogens (tertiary/aromatic N) is 2. The first-order valence-corrected chi connectivity index (χ1v) is 7.62. The summed E-state index contributed by atoms with van der Waals surface area (Å²) in [4.78, 5) is 2.40. The zero-order valence-electron chi connectivity index (χ0n) is 11.5. The molecular weight excluding hydrogens is 232 g/mol. The Bertz CT molecular complexity index is 462. The zero-order chi connectivity index (χ0) is 13.1. The Morgan fingerprint density at radius 1 is 1.05 bits per heavy atom. The molecule has 0 amide bonds. The first kappa shape index (κ1) is 12.7. The predicted octanol–water partition coefficient (Wildman–Crippen LogP) is 4.00. The molecule has 19 heavy (non-hydrogen) atoms. The summed E-state index contributed by atoms with van der Waals surface area (Å²) >= 11 is 0. The molecule has 2 heteroatoms. The molecule has 2 aliphatic rings. The van der Waals surface area contributed by atoms with E-state index >= 15 is 0 Å².